The molecule has 1 aromatic rings. The maximum atomic E-state index is 12.8. The molecule has 1 saturated heterocycles. The van der Waals surface area contributed by atoms with Crippen LogP contribution in [0.5, 0.6) is 0 Å². The van der Waals surface area contributed by atoms with Crippen molar-refractivity contribution in [2.75, 3.05) is 6.54 Å². The van der Waals surface area contributed by atoms with Crippen LogP contribution in [0, 0.1) is 19.8 Å². The average molecular weight is 323 g/mol. The topological polar surface area (TPSA) is 46.3 Å². The van der Waals surface area contributed by atoms with Crippen LogP contribution in [0.2, 0.25) is 0 Å². The molecule has 1 saturated carbocycles. The largest absolute Gasteiger partial charge is 0.335 e. The number of amides is 1. The van der Waals surface area contributed by atoms with Gasteiger partial charge in [0.2, 0.25) is 5.91 Å². The first-order chi connectivity index (χ1) is 10.1. The zero-order valence-electron chi connectivity index (χ0n) is 13.5. The number of benzene rings is 1. The quantitative estimate of drug-likeness (QED) is 0.905. The van der Waals surface area contributed by atoms with Crippen molar-refractivity contribution in [3.63, 3.8) is 0 Å². The van der Waals surface area contributed by atoms with Crippen LogP contribution >= 0.6 is 12.4 Å². The van der Waals surface area contributed by atoms with E-state index in [4.69, 9.17) is 5.73 Å². The van der Waals surface area contributed by atoms with E-state index in [2.05, 4.69) is 36.9 Å². The van der Waals surface area contributed by atoms with Gasteiger partial charge in [0.1, 0.15) is 0 Å². The summed E-state index contributed by atoms with van der Waals surface area (Å²) >= 11 is 0. The molecule has 0 radical (unpaired) electrons. The van der Waals surface area contributed by atoms with E-state index in [-0.39, 0.29) is 30.4 Å². The number of nitrogens with zero attached hydrogens (tertiary/aromatic N) is 1. The number of carbonyl (C=O) groups is 1. The molecular formula is C18H27ClN2O. The van der Waals surface area contributed by atoms with E-state index in [0.29, 0.717) is 5.91 Å². The lowest BCUT2D eigenvalue weighted by atomic mass is 9.95. The third-order valence-corrected chi connectivity index (χ3v) is 5.36. The number of hydrogen-bond acceptors (Lipinski definition) is 2. The molecule has 1 aliphatic carbocycles. The lowest BCUT2D eigenvalue weighted by molar-refractivity contribution is -0.136. The fourth-order valence-corrected chi connectivity index (χ4v) is 3.96. The van der Waals surface area contributed by atoms with Crippen LogP contribution in [0.15, 0.2) is 18.2 Å². The van der Waals surface area contributed by atoms with E-state index in [1.165, 1.54) is 16.7 Å². The first-order valence-electron chi connectivity index (χ1n) is 8.20. The molecule has 122 valence electrons. The zero-order valence-corrected chi connectivity index (χ0v) is 14.4. The summed E-state index contributed by atoms with van der Waals surface area (Å²) in [6.45, 7) is 5.23. The van der Waals surface area contributed by atoms with Gasteiger partial charge in [-0.05, 0) is 62.6 Å². The molecule has 2 aliphatic rings. The Kier molecular flexibility index (Phi) is 5.51. The molecule has 1 heterocycles. The third kappa shape index (κ3) is 3.16. The first kappa shape index (κ1) is 17.3. The Hall–Kier alpha value is -1.06. The van der Waals surface area contributed by atoms with Crippen molar-refractivity contribution in [3.8, 4) is 0 Å². The third-order valence-electron chi connectivity index (χ3n) is 5.36. The number of rotatable bonds is 2. The highest BCUT2D eigenvalue weighted by Crippen LogP contribution is 2.37. The molecule has 0 aromatic heterocycles. The molecule has 3 nitrogen and oxygen atoms in total. The SMILES string of the molecule is Cc1cccc(C2CCCN2C(=O)C2CCC(N)C2)c1C.Cl. The maximum Gasteiger partial charge on any atom is 0.226 e. The highest BCUT2D eigenvalue weighted by Gasteiger charge is 2.37. The maximum absolute atomic E-state index is 12.8. The van der Waals surface area contributed by atoms with Gasteiger partial charge < -0.3 is 10.6 Å². The smallest absolute Gasteiger partial charge is 0.226 e. The van der Waals surface area contributed by atoms with Crippen LogP contribution < -0.4 is 5.73 Å². The Labute approximate surface area is 139 Å². The van der Waals surface area contributed by atoms with E-state index < -0.39 is 0 Å². The minimum atomic E-state index is 0. The normalized spacial score (nSPS) is 27.8. The van der Waals surface area contributed by atoms with Crippen molar-refractivity contribution in [2.45, 2.75) is 58.0 Å². The standard InChI is InChI=1S/C18H26N2O.ClH/c1-12-5-3-6-16(13(12)2)17-7-4-10-20(17)18(21)14-8-9-15(19)11-14;/h3,5-6,14-15,17H,4,7-11,19H2,1-2H3;1H. The summed E-state index contributed by atoms with van der Waals surface area (Å²) in [5, 5.41) is 0. The number of halogens is 1. The Balaban J connectivity index is 0.00000176. The zero-order chi connectivity index (χ0) is 15.0. The van der Waals surface area contributed by atoms with Crippen molar-refractivity contribution >= 4 is 18.3 Å². The Morgan fingerprint density at radius 3 is 2.68 bits per heavy atom. The monoisotopic (exact) mass is 322 g/mol. The molecule has 4 heteroatoms. The summed E-state index contributed by atoms with van der Waals surface area (Å²) in [6, 6.07) is 6.95. The highest BCUT2D eigenvalue weighted by atomic mass is 35.5. The molecule has 1 aromatic carbocycles. The van der Waals surface area contributed by atoms with Crippen molar-refractivity contribution < 1.29 is 4.79 Å². The van der Waals surface area contributed by atoms with Crippen LogP contribution in [-0.2, 0) is 4.79 Å². The average Bonchev–Trinajstić information content (AvgIpc) is 3.10. The van der Waals surface area contributed by atoms with Crippen LogP contribution in [0.1, 0.15) is 54.8 Å². The van der Waals surface area contributed by atoms with Gasteiger partial charge in [-0.1, -0.05) is 18.2 Å². The van der Waals surface area contributed by atoms with E-state index in [0.717, 1.165) is 38.6 Å². The van der Waals surface area contributed by atoms with E-state index in [9.17, 15) is 4.79 Å². The second-order valence-corrected chi connectivity index (χ2v) is 6.75. The van der Waals surface area contributed by atoms with Gasteiger partial charge in [0, 0.05) is 18.5 Å². The van der Waals surface area contributed by atoms with Gasteiger partial charge >= 0.3 is 0 Å². The van der Waals surface area contributed by atoms with Crippen LogP contribution in [0.4, 0.5) is 0 Å². The molecule has 0 spiro atoms. The Bertz CT molecular complexity index is 546. The molecular weight excluding hydrogens is 296 g/mol. The lowest BCUT2D eigenvalue weighted by Crippen LogP contribution is -2.35. The van der Waals surface area contributed by atoms with Gasteiger partial charge in [-0.2, -0.15) is 0 Å². The second-order valence-electron chi connectivity index (χ2n) is 6.75. The summed E-state index contributed by atoms with van der Waals surface area (Å²) in [7, 11) is 0. The van der Waals surface area contributed by atoms with Crippen molar-refractivity contribution in [1.82, 2.24) is 4.90 Å². The molecule has 3 unspecified atom stereocenters. The van der Waals surface area contributed by atoms with E-state index in [1.54, 1.807) is 0 Å². The number of hydrogen-bond donors (Lipinski definition) is 1. The molecule has 1 aliphatic heterocycles. The van der Waals surface area contributed by atoms with Crippen LogP contribution in [-0.4, -0.2) is 23.4 Å². The predicted molar refractivity (Wildman–Crippen MR) is 92.2 cm³/mol. The van der Waals surface area contributed by atoms with Crippen molar-refractivity contribution in [1.29, 1.82) is 0 Å². The molecule has 2 fully saturated rings. The first-order valence-corrected chi connectivity index (χ1v) is 8.20. The highest BCUT2D eigenvalue weighted by molar-refractivity contribution is 5.85. The Morgan fingerprint density at radius 2 is 2.00 bits per heavy atom. The summed E-state index contributed by atoms with van der Waals surface area (Å²) in [6.07, 6.45) is 5.04. The molecule has 22 heavy (non-hydrogen) atoms. The van der Waals surface area contributed by atoms with Gasteiger partial charge in [-0.25, -0.2) is 0 Å². The minimum Gasteiger partial charge on any atom is -0.335 e. The summed E-state index contributed by atoms with van der Waals surface area (Å²) < 4.78 is 0. The van der Waals surface area contributed by atoms with E-state index >= 15 is 0 Å². The Morgan fingerprint density at radius 1 is 1.23 bits per heavy atom. The molecule has 3 atom stereocenters. The second kappa shape index (κ2) is 7.01. The molecule has 2 N–H and O–H groups in total. The van der Waals surface area contributed by atoms with Gasteiger partial charge in [0.15, 0.2) is 0 Å². The predicted octanol–water partition coefficient (Wildman–Crippen LogP) is 3.52. The van der Waals surface area contributed by atoms with Crippen LogP contribution in [0.25, 0.3) is 0 Å². The van der Waals surface area contributed by atoms with Gasteiger partial charge in [0.05, 0.1) is 6.04 Å². The summed E-state index contributed by atoms with van der Waals surface area (Å²) in [5.74, 6) is 0.497. The van der Waals surface area contributed by atoms with Gasteiger partial charge in [-0.15, -0.1) is 12.4 Å². The van der Waals surface area contributed by atoms with Gasteiger partial charge in [-0.3, -0.25) is 4.79 Å². The minimum absolute atomic E-state index is 0. The number of likely N-dealkylation sites (tertiary alicyclic amines) is 1. The number of carbonyl (C=O) groups excluding carboxylic acids is 1. The summed E-state index contributed by atoms with van der Waals surface area (Å²) in [5.41, 5.74) is 9.97. The molecule has 1 amide bonds. The van der Waals surface area contributed by atoms with Crippen molar-refractivity contribution in [2.24, 2.45) is 11.7 Å². The number of nitrogens with two attached hydrogens (primary N) is 1. The number of aryl methyl sites for hydroxylation is 1. The molecule has 3 rings (SSSR count). The fraction of sp³-hybridized carbons (Fsp3) is 0.611. The van der Waals surface area contributed by atoms with Crippen molar-refractivity contribution in [3.05, 3.63) is 34.9 Å². The molecule has 0 bridgehead atoms. The lowest BCUT2D eigenvalue weighted by Gasteiger charge is -2.29. The fourth-order valence-electron chi connectivity index (χ4n) is 3.96. The van der Waals surface area contributed by atoms with Gasteiger partial charge in [0.25, 0.3) is 0 Å². The van der Waals surface area contributed by atoms with E-state index in [1.807, 2.05) is 0 Å². The summed E-state index contributed by atoms with van der Waals surface area (Å²) in [4.78, 5) is 15.0. The van der Waals surface area contributed by atoms with Crippen LogP contribution in [0.3, 0.4) is 0 Å².